The molecule has 20 heavy (non-hydrogen) atoms. The van der Waals surface area contributed by atoms with E-state index in [-0.39, 0.29) is 5.60 Å². The van der Waals surface area contributed by atoms with Crippen LogP contribution in [0.2, 0.25) is 0 Å². The van der Waals surface area contributed by atoms with Crippen molar-refractivity contribution in [1.29, 1.82) is 0 Å². The zero-order chi connectivity index (χ0) is 15.0. The van der Waals surface area contributed by atoms with Gasteiger partial charge in [-0.1, -0.05) is 25.5 Å². The molecular weight excluding hydrogens is 252 g/mol. The first-order chi connectivity index (χ1) is 9.48. The van der Waals surface area contributed by atoms with Gasteiger partial charge in [0.05, 0.1) is 18.3 Å². The Kier molecular flexibility index (Phi) is 7.03. The van der Waals surface area contributed by atoms with Crippen molar-refractivity contribution in [2.24, 2.45) is 0 Å². The fraction of sp³-hybridized carbons (Fsp3) is 0.647. The number of unbranched alkanes of at least 4 members (excludes halogenated alkanes) is 1. The molecule has 1 aromatic carbocycles. The third-order valence-electron chi connectivity index (χ3n) is 3.60. The zero-order valence-electron chi connectivity index (χ0n) is 13.2. The topological polar surface area (TPSA) is 38.7 Å². The minimum atomic E-state index is -0.450. The summed E-state index contributed by atoms with van der Waals surface area (Å²) in [6, 6.07) is 7.73. The van der Waals surface area contributed by atoms with Gasteiger partial charge in [-0.25, -0.2) is 0 Å². The van der Waals surface area contributed by atoms with Crippen LogP contribution in [0.25, 0.3) is 0 Å². The average Bonchev–Trinajstić information content (AvgIpc) is 2.46. The van der Waals surface area contributed by atoms with Crippen LogP contribution in [0.5, 0.6) is 5.75 Å². The molecule has 0 aliphatic carbocycles. The van der Waals surface area contributed by atoms with Gasteiger partial charge in [0.2, 0.25) is 0 Å². The molecule has 114 valence electrons. The van der Waals surface area contributed by atoms with E-state index in [4.69, 9.17) is 9.47 Å². The second-order valence-electron chi connectivity index (χ2n) is 5.79. The number of ether oxygens (including phenoxy) is 2. The van der Waals surface area contributed by atoms with Crippen molar-refractivity contribution in [1.82, 2.24) is 0 Å². The van der Waals surface area contributed by atoms with Crippen LogP contribution in [0.15, 0.2) is 24.3 Å². The summed E-state index contributed by atoms with van der Waals surface area (Å²) in [6.45, 7) is 6.96. The molecule has 1 aromatic rings. The van der Waals surface area contributed by atoms with Crippen LogP contribution >= 0.6 is 0 Å². The highest BCUT2D eigenvalue weighted by Crippen LogP contribution is 2.25. The summed E-state index contributed by atoms with van der Waals surface area (Å²) in [7, 11) is 1.70. The molecule has 1 N–H and O–H groups in total. The van der Waals surface area contributed by atoms with Crippen LogP contribution in [0.1, 0.15) is 58.1 Å². The molecule has 1 unspecified atom stereocenters. The highest BCUT2D eigenvalue weighted by molar-refractivity contribution is 5.28. The first kappa shape index (κ1) is 17.0. The first-order valence-electron chi connectivity index (χ1n) is 7.44. The van der Waals surface area contributed by atoms with E-state index in [0.717, 1.165) is 37.2 Å². The third-order valence-corrected chi connectivity index (χ3v) is 3.60. The van der Waals surface area contributed by atoms with Gasteiger partial charge in [0.25, 0.3) is 0 Å². The lowest BCUT2D eigenvalue weighted by atomic mass is 9.97. The number of benzene rings is 1. The monoisotopic (exact) mass is 280 g/mol. The molecule has 1 rings (SSSR count). The molecule has 0 heterocycles. The summed E-state index contributed by atoms with van der Waals surface area (Å²) < 4.78 is 11.0. The van der Waals surface area contributed by atoms with Gasteiger partial charge in [-0.05, 0) is 50.8 Å². The van der Waals surface area contributed by atoms with Gasteiger partial charge in [0.15, 0.2) is 0 Å². The molecule has 0 aromatic heterocycles. The molecule has 0 aliphatic heterocycles. The van der Waals surface area contributed by atoms with Crippen LogP contribution in [-0.4, -0.2) is 24.4 Å². The minimum absolute atomic E-state index is 0.190. The lowest BCUT2D eigenvalue weighted by Crippen LogP contribution is -2.23. The number of aliphatic hydroxyl groups is 1. The Morgan fingerprint density at radius 3 is 2.40 bits per heavy atom. The van der Waals surface area contributed by atoms with E-state index in [1.807, 2.05) is 38.1 Å². The van der Waals surface area contributed by atoms with E-state index >= 15 is 0 Å². The van der Waals surface area contributed by atoms with Crippen LogP contribution in [0, 0.1) is 0 Å². The van der Waals surface area contributed by atoms with E-state index in [9.17, 15) is 5.11 Å². The Morgan fingerprint density at radius 1 is 1.20 bits per heavy atom. The number of hydrogen-bond acceptors (Lipinski definition) is 3. The Balaban J connectivity index is 2.46. The van der Waals surface area contributed by atoms with E-state index in [2.05, 4.69) is 6.92 Å². The van der Waals surface area contributed by atoms with Crippen molar-refractivity contribution in [3.8, 4) is 5.75 Å². The van der Waals surface area contributed by atoms with Crippen LogP contribution < -0.4 is 4.74 Å². The normalized spacial score (nSPS) is 13.2. The molecule has 3 heteroatoms. The number of rotatable bonds is 9. The molecule has 0 amide bonds. The van der Waals surface area contributed by atoms with E-state index in [1.165, 1.54) is 0 Å². The van der Waals surface area contributed by atoms with E-state index in [0.29, 0.717) is 6.42 Å². The SMILES string of the molecule is CCCCOc1ccc(C(O)CCC(C)(C)OC)cc1. The highest BCUT2D eigenvalue weighted by Gasteiger charge is 2.18. The largest absolute Gasteiger partial charge is 0.494 e. The Morgan fingerprint density at radius 2 is 1.85 bits per heavy atom. The van der Waals surface area contributed by atoms with Gasteiger partial charge in [-0.2, -0.15) is 0 Å². The molecule has 0 spiro atoms. The fourth-order valence-corrected chi connectivity index (χ4v) is 1.87. The Hall–Kier alpha value is -1.06. The summed E-state index contributed by atoms with van der Waals surface area (Å²) >= 11 is 0. The maximum atomic E-state index is 10.2. The maximum absolute atomic E-state index is 10.2. The molecule has 0 fully saturated rings. The number of aliphatic hydroxyl groups excluding tert-OH is 1. The quantitative estimate of drug-likeness (QED) is 0.692. The third kappa shape index (κ3) is 5.93. The molecule has 1 atom stereocenters. The van der Waals surface area contributed by atoms with Gasteiger partial charge >= 0.3 is 0 Å². The maximum Gasteiger partial charge on any atom is 0.119 e. The van der Waals surface area contributed by atoms with Crippen molar-refractivity contribution < 1.29 is 14.6 Å². The van der Waals surface area contributed by atoms with Crippen molar-refractivity contribution in [3.05, 3.63) is 29.8 Å². The van der Waals surface area contributed by atoms with Crippen molar-refractivity contribution in [2.75, 3.05) is 13.7 Å². The lowest BCUT2D eigenvalue weighted by Gasteiger charge is -2.24. The average molecular weight is 280 g/mol. The summed E-state index contributed by atoms with van der Waals surface area (Å²) in [5.41, 5.74) is 0.740. The van der Waals surface area contributed by atoms with E-state index < -0.39 is 6.10 Å². The van der Waals surface area contributed by atoms with Crippen molar-refractivity contribution >= 4 is 0 Å². The molecule has 0 saturated heterocycles. The predicted molar refractivity (Wildman–Crippen MR) is 82.1 cm³/mol. The van der Waals surface area contributed by atoms with Crippen LogP contribution in [0.3, 0.4) is 0 Å². The van der Waals surface area contributed by atoms with Crippen LogP contribution in [0.4, 0.5) is 0 Å². The standard InChI is InChI=1S/C17H28O3/c1-5-6-13-20-15-9-7-14(8-10-15)16(18)11-12-17(2,3)19-4/h7-10,16,18H,5-6,11-13H2,1-4H3. The highest BCUT2D eigenvalue weighted by atomic mass is 16.5. The smallest absolute Gasteiger partial charge is 0.119 e. The molecular formula is C17H28O3. The van der Waals surface area contributed by atoms with Gasteiger partial charge in [-0.3, -0.25) is 0 Å². The van der Waals surface area contributed by atoms with Gasteiger partial charge in [-0.15, -0.1) is 0 Å². The summed E-state index contributed by atoms with van der Waals surface area (Å²) in [5.74, 6) is 0.867. The Labute approximate surface area is 122 Å². The second kappa shape index (κ2) is 8.28. The molecule has 0 radical (unpaired) electrons. The molecule has 0 bridgehead atoms. The molecule has 0 saturated carbocycles. The minimum Gasteiger partial charge on any atom is -0.494 e. The fourth-order valence-electron chi connectivity index (χ4n) is 1.87. The van der Waals surface area contributed by atoms with Gasteiger partial charge in [0.1, 0.15) is 5.75 Å². The number of hydrogen-bond donors (Lipinski definition) is 1. The van der Waals surface area contributed by atoms with Crippen molar-refractivity contribution in [3.63, 3.8) is 0 Å². The first-order valence-corrected chi connectivity index (χ1v) is 7.44. The Bertz CT molecular complexity index is 370. The van der Waals surface area contributed by atoms with E-state index in [1.54, 1.807) is 7.11 Å². The van der Waals surface area contributed by atoms with Gasteiger partial charge < -0.3 is 14.6 Å². The zero-order valence-corrected chi connectivity index (χ0v) is 13.2. The molecule has 0 aliphatic rings. The van der Waals surface area contributed by atoms with Crippen LogP contribution in [-0.2, 0) is 4.74 Å². The summed E-state index contributed by atoms with van der Waals surface area (Å²) in [4.78, 5) is 0. The van der Waals surface area contributed by atoms with Crippen molar-refractivity contribution in [2.45, 2.75) is 58.2 Å². The summed E-state index contributed by atoms with van der Waals surface area (Å²) in [5, 5.41) is 10.2. The van der Waals surface area contributed by atoms with Gasteiger partial charge in [0, 0.05) is 7.11 Å². The molecule has 3 nitrogen and oxygen atoms in total. The summed E-state index contributed by atoms with van der Waals surface area (Å²) in [6.07, 6.45) is 3.26. The second-order valence-corrected chi connectivity index (χ2v) is 5.79. The predicted octanol–water partition coefficient (Wildman–Crippen LogP) is 4.10. The number of methoxy groups -OCH3 is 1. The lowest BCUT2D eigenvalue weighted by molar-refractivity contribution is 0.00278.